The third-order valence-corrected chi connectivity index (χ3v) is 3.50. The quantitative estimate of drug-likeness (QED) is 0.783. The molecule has 3 rings (SSSR count). The largest absolute Gasteiger partial charge is 0.424 e. The lowest BCUT2D eigenvalue weighted by Crippen LogP contribution is -2.27. The van der Waals surface area contributed by atoms with E-state index in [9.17, 15) is 0 Å². The van der Waals surface area contributed by atoms with Crippen LogP contribution in [-0.4, -0.2) is 26.6 Å². The summed E-state index contributed by atoms with van der Waals surface area (Å²) in [5.74, 6) is 2.63. The highest BCUT2D eigenvalue weighted by Gasteiger charge is 2.29. The molecule has 5 nitrogen and oxygen atoms in total. The highest BCUT2D eigenvalue weighted by molar-refractivity contribution is 5.04. The molecule has 2 heterocycles. The summed E-state index contributed by atoms with van der Waals surface area (Å²) in [6.07, 6.45) is 4.21. The maximum Gasteiger partial charge on any atom is 0.230 e. The summed E-state index contributed by atoms with van der Waals surface area (Å²) < 4.78 is 5.77. The van der Waals surface area contributed by atoms with Crippen LogP contribution in [0.3, 0.4) is 0 Å². The van der Waals surface area contributed by atoms with Gasteiger partial charge in [-0.3, -0.25) is 9.88 Å². The predicted molar refractivity (Wildman–Crippen MR) is 79.5 cm³/mol. The second-order valence-electron chi connectivity index (χ2n) is 6.19. The fourth-order valence-corrected chi connectivity index (χ4v) is 2.44. The first-order valence-corrected chi connectivity index (χ1v) is 7.65. The number of aromatic nitrogens is 3. The van der Waals surface area contributed by atoms with E-state index < -0.39 is 0 Å². The number of hydrogen-bond acceptors (Lipinski definition) is 5. The van der Waals surface area contributed by atoms with Gasteiger partial charge in [-0.25, -0.2) is 0 Å². The molecule has 0 N–H and O–H groups in total. The van der Waals surface area contributed by atoms with E-state index in [2.05, 4.69) is 40.0 Å². The molecule has 21 heavy (non-hydrogen) atoms. The van der Waals surface area contributed by atoms with Crippen LogP contribution >= 0.6 is 0 Å². The van der Waals surface area contributed by atoms with E-state index in [1.54, 1.807) is 0 Å². The van der Waals surface area contributed by atoms with Gasteiger partial charge in [0.1, 0.15) is 0 Å². The van der Waals surface area contributed by atoms with Gasteiger partial charge in [-0.1, -0.05) is 19.9 Å². The molecular formula is C16H22N4O. The van der Waals surface area contributed by atoms with E-state index in [0.29, 0.717) is 24.3 Å². The minimum atomic E-state index is 0.514. The van der Waals surface area contributed by atoms with E-state index >= 15 is 0 Å². The standard InChI is InChI=1S/C16H22N4O/c1-12(2)9-20(10-14-5-3-4-8-17-14)11-15-18-19-16(21-15)13-6-7-13/h3-5,8,12-13H,6-7,9-11H2,1-2H3. The normalized spacial score (nSPS) is 15.0. The summed E-state index contributed by atoms with van der Waals surface area (Å²) >= 11 is 0. The first-order chi connectivity index (χ1) is 10.2. The number of pyridine rings is 1. The first-order valence-electron chi connectivity index (χ1n) is 7.65. The summed E-state index contributed by atoms with van der Waals surface area (Å²) in [6, 6.07) is 6.01. The SMILES string of the molecule is CC(C)CN(Cc1ccccn1)Cc1nnc(C2CC2)o1. The zero-order valence-electron chi connectivity index (χ0n) is 12.7. The highest BCUT2D eigenvalue weighted by atomic mass is 16.4. The number of hydrogen-bond donors (Lipinski definition) is 0. The van der Waals surface area contributed by atoms with Crippen molar-refractivity contribution in [2.24, 2.45) is 5.92 Å². The fourth-order valence-electron chi connectivity index (χ4n) is 2.44. The molecule has 5 heteroatoms. The van der Waals surface area contributed by atoms with E-state index in [1.807, 2.05) is 18.3 Å². The van der Waals surface area contributed by atoms with E-state index in [4.69, 9.17) is 4.42 Å². The Kier molecular flexibility index (Phi) is 4.29. The molecule has 0 radical (unpaired) electrons. The van der Waals surface area contributed by atoms with Gasteiger partial charge in [-0.05, 0) is 30.9 Å². The van der Waals surface area contributed by atoms with Crippen LogP contribution in [0.25, 0.3) is 0 Å². The summed E-state index contributed by atoms with van der Waals surface area (Å²) in [7, 11) is 0. The van der Waals surface area contributed by atoms with Crippen molar-refractivity contribution >= 4 is 0 Å². The van der Waals surface area contributed by atoms with E-state index in [-0.39, 0.29) is 0 Å². The van der Waals surface area contributed by atoms with Crippen LogP contribution in [-0.2, 0) is 13.1 Å². The van der Waals surface area contributed by atoms with Gasteiger partial charge in [-0.2, -0.15) is 0 Å². The fraction of sp³-hybridized carbons (Fsp3) is 0.562. The number of nitrogens with zero attached hydrogens (tertiary/aromatic N) is 4. The smallest absolute Gasteiger partial charge is 0.230 e. The van der Waals surface area contributed by atoms with Gasteiger partial charge in [-0.15, -0.1) is 10.2 Å². The minimum Gasteiger partial charge on any atom is -0.424 e. The highest BCUT2D eigenvalue weighted by Crippen LogP contribution is 2.39. The minimum absolute atomic E-state index is 0.514. The Hall–Kier alpha value is -1.75. The van der Waals surface area contributed by atoms with Crippen molar-refractivity contribution in [1.29, 1.82) is 0 Å². The molecule has 0 aliphatic heterocycles. The van der Waals surface area contributed by atoms with Gasteiger partial charge in [0.15, 0.2) is 0 Å². The Morgan fingerprint density at radius 3 is 2.76 bits per heavy atom. The molecular weight excluding hydrogens is 264 g/mol. The molecule has 1 aliphatic carbocycles. The molecule has 0 spiro atoms. The lowest BCUT2D eigenvalue weighted by molar-refractivity contribution is 0.202. The van der Waals surface area contributed by atoms with Crippen molar-refractivity contribution in [2.45, 2.75) is 45.7 Å². The van der Waals surface area contributed by atoms with Crippen molar-refractivity contribution in [3.63, 3.8) is 0 Å². The zero-order chi connectivity index (χ0) is 14.7. The molecule has 2 aromatic rings. The third kappa shape index (κ3) is 4.11. The van der Waals surface area contributed by atoms with E-state index in [0.717, 1.165) is 24.7 Å². The van der Waals surface area contributed by atoms with Crippen molar-refractivity contribution in [3.05, 3.63) is 41.9 Å². The van der Waals surface area contributed by atoms with Crippen LogP contribution in [0.1, 0.15) is 50.1 Å². The first kappa shape index (κ1) is 14.2. The van der Waals surface area contributed by atoms with Crippen molar-refractivity contribution in [1.82, 2.24) is 20.1 Å². The Balaban J connectivity index is 1.66. The molecule has 1 saturated carbocycles. The Bertz CT molecular complexity index is 563. The van der Waals surface area contributed by atoms with Gasteiger partial charge < -0.3 is 4.42 Å². The van der Waals surface area contributed by atoms with Crippen molar-refractivity contribution in [3.8, 4) is 0 Å². The number of rotatable bonds is 7. The molecule has 0 saturated heterocycles. The van der Waals surface area contributed by atoms with Crippen LogP contribution in [0.15, 0.2) is 28.8 Å². The summed E-state index contributed by atoms with van der Waals surface area (Å²) in [6.45, 7) is 6.91. The molecule has 0 bridgehead atoms. The lowest BCUT2D eigenvalue weighted by Gasteiger charge is -2.22. The molecule has 1 aliphatic rings. The van der Waals surface area contributed by atoms with Crippen LogP contribution < -0.4 is 0 Å². The molecule has 2 aromatic heterocycles. The molecule has 112 valence electrons. The van der Waals surface area contributed by atoms with Crippen LogP contribution in [0.5, 0.6) is 0 Å². The van der Waals surface area contributed by atoms with Crippen molar-refractivity contribution in [2.75, 3.05) is 6.54 Å². The monoisotopic (exact) mass is 286 g/mol. The maximum absolute atomic E-state index is 5.77. The van der Waals surface area contributed by atoms with Gasteiger partial charge in [0.05, 0.1) is 12.2 Å². The average molecular weight is 286 g/mol. The Labute approximate surface area is 125 Å². The maximum atomic E-state index is 5.77. The topological polar surface area (TPSA) is 55.1 Å². The Morgan fingerprint density at radius 1 is 1.24 bits per heavy atom. The molecule has 0 unspecified atom stereocenters. The molecule has 0 atom stereocenters. The van der Waals surface area contributed by atoms with Gasteiger partial charge in [0.25, 0.3) is 0 Å². The predicted octanol–water partition coefficient (Wildman–Crippen LogP) is 3.00. The van der Waals surface area contributed by atoms with Crippen LogP contribution in [0.4, 0.5) is 0 Å². The summed E-state index contributed by atoms with van der Waals surface area (Å²) in [5.41, 5.74) is 1.07. The van der Waals surface area contributed by atoms with Crippen LogP contribution in [0.2, 0.25) is 0 Å². The molecule has 1 fully saturated rings. The average Bonchev–Trinajstić information content (AvgIpc) is 3.20. The second kappa shape index (κ2) is 6.35. The van der Waals surface area contributed by atoms with Crippen LogP contribution in [0, 0.1) is 5.92 Å². The third-order valence-electron chi connectivity index (χ3n) is 3.50. The lowest BCUT2D eigenvalue weighted by atomic mass is 10.2. The van der Waals surface area contributed by atoms with Gasteiger partial charge >= 0.3 is 0 Å². The Morgan fingerprint density at radius 2 is 2.10 bits per heavy atom. The summed E-state index contributed by atoms with van der Waals surface area (Å²) in [5, 5.41) is 8.35. The second-order valence-corrected chi connectivity index (χ2v) is 6.19. The van der Waals surface area contributed by atoms with Gasteiger partial charge in [0.2, 0.25) is 11.8 Å². The van der Waals surface area contributed by atoms with E-state index in [1.165, 1.54) is 12.8 Å². The summed E-state index contributed by atoms with van der Waals surface area (Å²) in [4.78, 5) is 6.72. The molecule has 0 aromatic carbocycles. The van der Waals surface area contributed by atoms with Gasteiger partial charge in [0, 0.05) is 25.2 Å². The zero-order valence-corrected chi connectivity index (χ0v) is 12.7. The van der Waals surface area contributed by atoms with Crippen molar-refractivity contribution < 1.29 is 4.42 Å². The molecule has 0 amide bonds.